The van der Waals surface area contributed by atoms with Gasteiger partial charge in [0.15, 0.2) is 0 Å². The Morgan fingerprint density at radius 1 is 1.25 bits per heavy atom. The zero-order chi connectivity index (χ0) is 9.61. The van der Waals surface area contributed by atoms with E-state index in [0.29, 0.717) is 0 Å². The summed E-state index contributed by atoms with van der Waals surface area (Å²) < 4.78 is 0. The lowest BCUT2D eigenvalue weighted by Crippen LogP contribution is -2.10. The average molecular weight is 165 g/mol. The van der Waals surface area contributed by atoms with Crippen molar-refractivity contribution in [3.63, 3.8) is 0 Å². The monoisotopic (exact) mass is 165 g/mol. The average Bonchev–Trinajstić information content (AvgIpc) is 1.95. The van der Waals surface area contributed by atoms with Crippen LogP contribution in [0.2, 0.25) is 0 Å². The van der Waals surface area contributed by atoms with Gasteiger partial charge in [-0.25, -0.2) is 0 Å². The highest BCUT2D eigenvalue weighted by Crippen LogP contribution is 2.23. The second-order valence-electron chi connectivity index (χ2n) is 3.79. The van der Waals surface area contributed by atoms with E-state index in [9.17, 15) is 0 Å². The molecule has 1 heteroatoms. The first-order valence-corrected chi connectivity index (χ1v) is 4.28. The first kappa shape index (κ1) is 11.2. The molecule has 1 nitrogen and oxygen atoms in total. The lowest BCUT2D eigenvalue weighted by molar-refractivity contribution is 0.526. The van der Waals surface area contributed by atoms with Gasteiger partial charge in [-0.2, -0.15) is 0 Å². The molecule has 0 aromatic rings. The van der Waals surface area contributed by atoms with Crippen LogP contribution in [0.15, 0.2) is 28.8 Å². The van der Waals surface area contributed by atoms with Gasteiger partial charge in [0.05, 0.1) is 0 Å². The third kappa shape index (κ3) is 4.12. The maximum absolute atomic E-state index is 4.03. The Bertz CT molecular complexity index is 202. The molecule has 0 bridgehead atoms. The van der Waals surface area contributed by atoms with E-state index in [1.54, 1.807) is 7.05 Å². The highest BCUT2D eigenvalue weighted by Gasteiger charge is 2.13. The van der Waals surface area contributed by atoms with Gasteiger partial charge in [-0.15, -0.1) is 0 Å². The Morgan fingerprint density at radius 2 is 1.83 bits per heavy atom. The molecule has 0 aromatic carbocycles. The zero-order valence-electron chi connectivity index (χ0n) is 8.76. The van der Waals surface area contributed by atoms with Crippen molar-refractivity contribution in [3.8, 4) is 0 Å². The largest absolute Gasteiger partial charge is 0.296 e. The maximum Gasteiger partial charge on any atom is 0.0277 e. The lowest BCUT2D eigenvalue weighted by Gasteiger charge is -2.18. The van der Waals surface area contributed by atoms with Crippen LogP contribution in [-0.2, 0) is 0 Å². The molecule has 0 fully saturated rings. The summed E-state index contributed by atoms with van der Waals surface area (Å²) in [5.74, 6) is 0. The van der Waals surface area contributed by atoms with Gasteiger partial charge in [0.2, 0.25) is 0 Å². The van der Waals surface area contributed by atoms with E-state index in [-0.39, 0.29) is 5.41 Å². The highest BCUT2D eigenvalue weighted by atomic mass is 14.6. The second-order valence-corrected chi connectivity index (χ2v) is 3.79. The zero-order valence-corrected chi connectivity index (χ0v) is 8.76. The standard InChI is InChI=1S/C11H19N/c1-6-7-8-10(9-12-5)11(2,3)4/h6-9H,1-5H3/b7-6-,10-8+,12-9?. The molecule has 12 heavy (non-hydrogen) atoms. The molecule has 0 rings (SSSR count). The minimum absolute atomic E-state index is 0.180. The Labute approximate surface area is 75.9 Å². The summed E-state index contributed by atoms with van der Waals surface area (Å²) in [5, 5.41) is 0. The van der Waals surface area contributed by atoms with Gasteiger partial charge in [0.25, 0.3) is 0 Å². The Morgan fingerprint density at radius 3 is 2.17 bits per heavy atom. The van der Waals surface area contributed by atoms with Crippen LogP contribution in [0.25, 0.3) is 0 Å². The summed E-state index contributed by atoms with van der Waals surface area (Å²) in [6, 6.07) is 0. The van der Waals surface area contributed by atoms with Gasteiger partial charge in [0.1, 0.15) is 0 Å². The predicted octanol–water partition coefficient (Wildman–Crippen LogP) is 3.24. The third-order valence-corrected chi connectivity index (χ3v) is 1.60. The molecule has 0 aliphatic carbocycles. The number of nitrogens with zero attached hydrogens (tertiary/aromatic N) is 1. The van der Waals surface area contributed by atoms with Crippen LogP contribution < -0.4 is 0 Å². The first-order chi connectivity index (χ1) is 5.52. The van der Waals surface area contributed by atoms with E-state index in [0.717, 1.165) is 0 Å². The van der Waals surface area contributed by atoms with Gasteiger partial charge in [0, 0.05) is 13.3 Å². The van der Waals surface area contributed by atoms with E-state index in [1.165, 1.54) is 5.57 Å². The minimum atomic E-state index is 0.180. The van der Waals surface area contributed by atoms with Gasteiger partial charge in [-0.1, -0.05) is 39.0 Å². The normalized spacial score (nSPS) is 14.9. The van der Waals surface area contributed by atoms with Gasteiger partial charge >= 0.3 is 0 Å². The van der Waals surface area contributed by atoms with Crippen molar-refractivity contribution < 1.29 is 0 Å². The third-order valence-electron chi connectivity index (χ3n) is 1.60. The molecule has 0 amide bonds. The van der Waals surface area contributed by atoms with Crippen molar-refractivity contribution in [3.05, 3.63) is 23.8 Å². The van der Waals surface area contributed by atoms with Crippen LogP contribution in [0.1, 0.15) is 27.7 Å². The summed E-state index contributed by atoms with van der Waals surface area (Å²) in [6.07, 6.45) is 8.09. The molecule has 68 valence electrons. The molecule has 0 spiro atoms. The van der Waals surface area contributed by atoms with Crippen molar-refractivity contribution in [1.82, 2.24) is 0 Å². The van der Waals surface area contributed by atoms with Crippen molar-refractivity contribution in [2.45, 2.75) is 27.7 Å². The molecule has 0 atom stereocenters. The van der Waals surface area contributed by atoms with Crippen LogP contribution in [0.3, 0.4) is 0 Å². The van der Waals surface area contributed by atoms with Crippen LogP contribution in [0.5, 0.6) is 0 Å². The molecule has 0 saturated carbocycles. The minimum Gasteiger partial charge on any atom is -0.296 e. The Hall–Kier alpha value is -0.850. The summed E-state index contributed by atoms with van der Waals surface area (Å²) >= 11 is 0. The fourth-order valence-corrected chi connectivity index (χ4v) is 0.826. The van der Waals surface area contributed by atoms with Crippen molar-refractivity contribution in [2.24, 2.45) is 10.4 Å². The van der Waals surface area contributed by atoms with Crippen LogP contribution >= 0.6 is 0 Å². The fraction of sp³-hybridized carbons (Fsp3) is 0.545. The molecule has 0 N–H and O–H groups in total. The molecule has 0 aromatic heterocycles. The van der Waals surface area contributed by atoms with Gasteiger partial charge in [-0.05, 0) is 17.9 Å². The summed E-state index contributed by atoms with van der Waals surface area (Å²) in [6.45, 7) is 8.57. The molecule has 0 heterocycles. The van der Waals surface area contributed by atoms with E-state index in [2.05, 4.69) is 31.8 Å². The number of aliphatic imine (C=N–C) groups is 1. The molecular weight excluding hydrogens is 146 g/mol. The summed E-state index contributed by atoms with van der Waals surface area (Å²) in [5.41, 5.74) is 1.43. The van der Waals surface area contributed by atoms with Crippen LogP contribution in [0, 0.1) is 5.41 Å². The molecule has 0 radical (unpaired) electrons. The lowest BCUT2D eigenvalue weighted by atomic mass is 9.87. The first-order valence-electron chi connectivity index (χ1n) is 4.28. The van der Waals surface area contributed by atoms with Gasteiger partial charge in [-0.3, -0.25) is 4.99 Å². The number of hydrogen-bond acceptors (Lipinski definition) is 1. The molecule has 0 aliphatic rings. The van der Waals surface area contributed by atoms with E-state index >= 15 is 0 Å². The molecule has 0 saturated heterocycles. The number of allylic oxidation sites excluding steroid dienone is 4. The van der Waals surface area contributed by atoms with E-state index in [1.807, 2.05) is 25.3 Å². The summed E-state index contributed by atoms with van der Waals surface area (Å²) in [7, 11) is 1.80. The smallest absolute Gasteiger partial charge is 0.0277 e. The number of hydrogen-bond donors (Lipinski definition) is 0. The Kier molecular flexibility index (Phi) is 4.57. The Balaban J connectivity index is 4.67. The fourth-order valence-electron chi connectivity index (χ4n) is 0.826. The van der Waals surface area contributed by atoms with Crippen LogP contribution in [-0.4, -0.2) is 13.3 Å². The van der Waals surface area contributed by atoms with E-state index in [4.69, 9.17) is 0 Å². The maximum atomic E-state index is 4.03. The molecule has 0 aliphatic heterocycles. The SMILES string of the molecule is C/C=C\C=C(/C=NC)C(C)(C)C. The quantitative estimate of drug-likeness (QED) is 0.440. The summed E-state index contributed by atoms with van der Waals surface area (Å²) in [4.78, 5) is 4.03. The number of rotatable bonds is 2. The highest BCUT2D eigenvalue weighted by molar-refractivity contribution is 5.80. The molecular formula is C11H19N. The topological polar surface area (TPSA) is 12.4 Å². The van der Waals surface area contributed by atoms with Gasteiger partial charge < -0.3 is 0 Å². The predicted molar refractivity (Wildman–Crippen MR) is 56.8 cm³/mol. The molecule has 0 unspecified atom stereocenters. The van der Waals surface area contributed by atoms with Crippen molar-refractivity contribution >= 4 is 6.21 Å². The second kappa shape index (κ2) is 4.91. The van der Waals surface area contributed by atoms with Crippen molar-refractivity contribution in [1.29, 1.82) is 0 Å². The van der Waals surface area contributed by atoms with Crippen LogP contribution in [0.4, 0.5) is 0 Å². The van der Waals surface area contributed by atoms with Crippen molar-refractivity contribution in [2.75, 3.05) is 7.05 Å². The van der Waals surface area contributed by atoms with E-state index < -0.39 is 0 Å².